The van der Waals surface area contributed by atoms with Crippen LogP contribution in [0.4, 0.5) is 11.4 Å². The highest BCUT2D eigenvalue weighted by Gasteiger charge is 2.58. The Morgan fingerprint density at radius 2 is 1.74 bits per heavy atom. The van der Waals surface area contributed by atoms with E-state index in [1.807, 2.05) is 31.2 Å². The standard InChI is InChI=1S/C20H16BrN3O3/c1-11-4-3-5-15(10-11)24-18-16(17(22-24)12(2)25)19(26)23(20(18)27)14-8-6-13(21)7-9-14/h3-10,16,18H,1-2H3/t16-,18+/m0/s1. The van der Waals surface area contributed by atoms with Crippen molar-refractivity contribution in [3.63, 3.8) is 0 Å². The first-order valence-corrected chi connectivity index (χ1v) is 9.26. The van der Waals surface area contributed by atoms with E-state index in [1.165, 1.54) is 11.9 Å². The van der Waals surface area contributed by atoms with Crippen molar-refractivity contribution in [1.82, 2.24) is 0 Å². The molecule has 0 aliphatic carbocycles. The summed E-state index contributed by atoms with van der Waals surface area (Å²) in [4.78, 5) is 39.5. The fourth-order valence-corrected chi connectivity index (χ4v) is 3.80. The molecule has 27 heavy (non-hydrogen) atoms. The van der Waals surface area contributed by atoms with Crippen molar-refractivity contribution in [2.75, 3.05) is 9.91 Å². The van der Waals surface area contributed by atoms with E-state index in [-0.39, 0.29) is 17.4 Å². The second kappa shape index (κ2) is 6.42. The topological polar surface area (TPSA) is 70.1 Å². The third-order valence-corrected chi connectivity index (χ3v) is 5.29. The third kappa shape index (κ3) is 2.78. The largest absolute Gasteiger partial charge is 0.293 e. The molecule has 2 aliphatic heterocycles. The number of hydrogen-bond acceptors (Lipinski definition) is 5. The van der Waals surface area contributed by atoms with E-state index in [9.17, 15) is 14.4 Å². The van der Waals surface area contributed by atoms with Crippen LogP contribution in [0.3, 0.4) is 0 Å². The molecule has 1 fully saturated rings. The summed E-state index contributed by atoms with van der Waals surface area (Å²) in [5.41, 5.74) is 2.28. The van der Waals surface area contributed by atoms with E-state index < -0.39 is 17.9 Å². The Hall–Kier alpha value is -2.80. The van der Waals surface area contributed by atoms with E-state index in [4.69, 9.17) is 0 Å². The number of nitrogens with zero attached hydrogens (tertiary/aromatic N) is 3. The number of halogens is 1. The molecule has 0 spiro atoms. The molecule has 0 saturated carbocycles. The molecule has 2 heterocycles. The van der Waals surface area contributed by atoms with E-state index in [0.717, 1.165) is 14.9 Å². The van der Waals surface area contributed by atoms with Gasteiger partial charge in [0, 0.05) is 11.4 Å². The molecule has 136 valence electrons. The Morgan fingerprint density at radius 1 is 1.04 bits per heavy atom. The minimum atomic E-state index is -0.890. The molecule has 7 heteroatoms. The van der Waals surface area contributed by atoms with Crippen LogP contribution in [-0.4, -0.2) is 29.4 Å². The average molecular weight is 426 g/mol. The van der Waals surface area contributed by atoms with Crippen molar-refractivity contribution in [2.45, 2.75) is 19.9 Å². The lowest BCUT2D eigenvalue weighted by Gasteiger charge is -2.22. The van der Waals surface area contributed by atoms with Crippen LogP contribution in [0.25, 0.3) is 0 Å². The third-order valence-electron chi connectivity index (χ3n) is 4.76. The van der Waals surface area contributed by atoms with Gasteiger partial charge in [-0.25, -0.2) is 4.90 Å². The summed E-state index contributed by atoms with van der Waals surface area (Å²) in [5.74, 6) is -2.00. The zero-order chi connectivity index (χ0) is 19.3. The molecule has 0 radical (unpaired) electrons. The molecular formula is C20H16BrN3O3. The van der Waals surface area contributed by atoms with Gasteiger partial charge in [-0.15, -0.1) is 0 Å². The first kappa shape index (κ1) is 17.6. The van der Waals surface area contributed by atoms with Gasteiger partial charge >= 0.3 is 0 Å². The minimum Gasteiger partial charge on any atom is -0.293 e. The number of aryl methyl sites for hydroxylation is 1. The van der Waals surface area contributed by atoms with Crippen LogP contribution < -0.4 is 9.91 Å². The Kier molecular flexibility index (Phi) is 4.19. The molecule has 2 atom stereocenters. The Balaban J connectivity index is 1.80. The summed E-state index contributed by atoms with van der Waals surface area (Å²) in [6, 6.07) is 13.6. The number of carbonyl (C=O) groups excluding carboxylic acids is 3. The highest BCUT2D eigenvalue weighted by molar-refractivity contribution is 9.10. The van der Waals surface area contributed by atoms with E-state index >= 15 is 0 Å². The zero-order valence-corrected chi connectivity index (χ0v) is 16.3. The number of imide groups is 1. The van der Waals surface area contributed by atoms with Crippen LogP contribution in [0, 0.1) is 12.8 Å². The lowest BCUT2D eigenvalue weighted by molar-refractivity contribution is -0.122. The van der Waals surface area contributed by atoms with Crippen LogP contribution in [-0.2, 0) is 14.4 Å². The van der Waals surface area contributed by atoms with Crippen LogP contribution in [0.15, 0.2) is 58.1 Å². The molecular weight excluding hydrogens is 410 g/mol. The number of amides is 2. The normalized spacial score (nSPS) is 21.5. The smallest absolute Gasteiger partial charge is 0.259 e. The lowest BCUT2D eigenvalue weighted by atomic mass is 9.95. The highest BCUT2D eigenvalue weighted by Crippen LogP contribution is 2.38. The van der Waals surface area contributed by atoms with Crippen molar-refractivity contribution >= 4 is 50.6 Å². The van der Waals surface area contributed by atoms with Crippen LogP contribution in [0.5, 0.6) is 0 Å². The van der Waals surface area contributed by atoms with E-state index in [1.54, 1.807) is 24.3 Å². The number of anilines is 2. The zero-order valence-electron chi connectivity index (χ0n) is 14.7. The van der Waals surface area contributed by atoms with Gasteiger partial charge in [0.15, 0.2) is 5.78 Å². The molecule has 0 N–H and O–H groups in total. The maximum Gasteiger partial charge on any atom is 0.259 e. The van der Waals surface area contributed by atoms with Gasteiger partial charge in [0.25, 0.3) is 5.91 Å². The minimum absolute atomic E-state index is 0.125. The average Bonchev–Trinajstić information content (AvgIpc) is 3.14. The van der Waals surface area contributed by atoms with Gasteiger partial charge < -0.3 is 0 Å². The number of hydrogen-bond donors (Lipinski definition) is 0. The molecule has 4 rings (SSSR count). The highest BCUT2D eigenvalue weighted by atomic mass is 79.9. The molecule has 2 amide bonds. The maximum absolute atomic E-state index is 13.2. The van der Waals surface area contributed by atoms with Gasteiger partial charge in [-0.2, -0.15) is 5.10 Å². The fraction of sp³-hybridized carbons (Fsp3) is 0.200. The van der Waals surface area contributed by atoms with Crippen LogP contribution in [0.2, 0.25) is 0 Å². The molecule has 0 bridgehead atoms. The van der Waals surface area contributed by atoms with Crippen molar-refractivity contribution in [3.05, 3.63) is 58.6 Å². The summed E-state index contributed by atoms with van der Waals surface area (Å²) in [7, 11) is 0. The quantitative estimate of drug-likeness (QED) is 0.708. The Bertz CT molecular complexity index is 1000. The molecule has 6 nitrogen and oxygen atoms in total. The molecule has 2 aliphatic rings. The second-order valence-corrected chi connectivity index (χ2v) is 7.55. The first-order valence-electron chi connectivity index (χ1n) is 8.47. The van der Waals surface area contributed by atoms with Gasteiger partial charge in [-0.05, 0) is 48.9 Å². The SMILES string of the molecule is CC(=O)C1=NN(c2cccc(C)c2)[C@H]2C(=O)N(c3ccc(Br)cc3)C(=O)[C@@H]12. The van der Waals surface area contributed by atoms with Crippen molar-refractivity contribution < 1.29 is 14.4 Å². The van der Waals surface area contributed by atoms with Crippen molar-refractivity contribution in [2.24, 2.45) is 11.0 Å². The first-order chi connectivity index (χ1) is 12.9. The number of rotatable bonds is 3. The predicted octanol–water partition coefficient (Wildman–Crippen LogP) is 3.08. The number of carbonyl (C=O) groups is 3. The Labute approximate surface area is 164 Å². The van der Waals surface area contributed by atoms with Gasteiger partial charge in [-0.1, -0.05) is 28.1 Å². The van der Waals surface area contributed by atoms with Gasteiger partial charge in [0.05, 0.1) is 11.4 Å². The number of fused-ring (bicyclic) bond motifs is 1. The van der Waals surface area contributed by atoms with Crippen LogP contribution >= 0.6 is 15.9 Å². The number of Topliss-reactive ketones (excluding diaryl/α,β-unsaturated/α-hetero) is 1. The van der Waals surface area contributed by atoms with Crippen molar-refractivity contribution in [1.29, 1.82) is 0 Å². The van der Waals surface area contributed by atoms with Gasteiger partial charge in [0.1, 0.15) is 17.7 Å². The molecule has 1 saturated heterocycles. The molecule has 0 aromatic heterocycles. The number of hydrazone groups is 1. The van der Waals surface area contributed by atoms with E-state index in [2.05, 4.69) is 21.0 Å². The number of ketones is 1. The fourth-order valence-electron chi connectivity index (χ4n) is 3.53. The van der Waals surface area contributed by atoms with Crippen molar-refractivity contribution in [3.8, 4) is 0 Å². The summed E-state index contributed by atoms with van der Waals surface area (Å²) in [6.07, 6.45) is 0. The maximum atomic E-state index is 13.2. The molecule has 2 aromatic carbocycles. The molecule has 2 aromatic rings. The molecule has 0 unspecified atom stereocenters. The predicted molar refractivity (Wildman–Crippen MR) is 106 cm³/mol. The monoisotopic (exact) mass is 425 g/mol. The summed E-state index contributed by atoms with van der Waals surface area (Å²) < 4.78 is 0.845. The summed E-state index contributed by atoms with van der Waals surface area (Å²) in [6.45, 7) is 3.30. The van der Waals surface area contributed by atoms with Gasteiger partial charge in [0.2, 0.25) is 5.91 Å². The number of benzene rings is 2. The second-order valence-electron chi connectivity index (χ2n) is 6.64. The lowest BCUT2D eigenvalue weighted by Crippen LogP contribution is -2.39. The van der Waals surface area contributed by atoms with E-state index in [0.29, 0.717) is 11.4 Å². The van der Waals surface area contributed by atoms with Gasteiger partial charge in [-0.3, -0.25) is 19.4 Å². The Morgan fingerprint density at radius 3 is 2.37 bits per heavy atom. The summed E-state index contributed by atoms with van der Waals surface area (Å²) >= 11 is 3.35. The van der Waals surface area contributed by atoms with Crippen LogP contribution in [0.1, 0.15) is 12.5 Å². The summed E-state index contributed by atoms with van der Waals surface area (Å²) in [5, 5.41) is 5.86.